The van der Waals surface area contributed by atoms with Crippen LogP contribution in [-0.4, -0.2) is 6.61 Å². The van der Waals surface area contributed by atoms with Gasteiger partial charge >= 0.3 is 0 Å². The standard InChI is InChI=1S/C15H20N2O2/c1-2-7-19-14-5-3-4-13(10-14)15(17-16)9-12-6-8-18-11-12/h3-6,8,10-11,15,17H,2,7,9,16H2,1H3. The quantitative estimate of drug-likeness (QED) is 0.593. The van der Waals surface area contributed by atoms with Gasteiger partial charge in [0.1, 0.15) is 5.75 Å². The number of hydrogen-bond donors (Lipinski definition) is 2. The van der Waals surface area contributed by atoms with Crippen LogP contribution in [0.3, 0.4) is 0 Å². The van der Waals surface area contributed by atoms with E-state index in [1.807, 2.05) is 30.3 Å². The van der Waals surface area contributed by atoms with Crippen LogP contribution in [0.4, 0.5) is 0 Å². The number of nitrogens with one attached hydrogen (secondary N) is 1. The highest BCUT2D eigenvalue weighted by Crippen LogP contribution is 2.22. The van der Waals surface area contributed by atoms with Crippen LogP contribution in [0.1, 0.15) is 30.5 Å². The fourth-order valence-corrected chi connectivity index (χ4v) is 1.96. The number of ether oxygens (including phenoxy) is 1. The summed E-state index contributed by atoms with van der Waals surface area (Å²) in [6.07, 6.45) is 5.19. The minimum atomic E-state index is 0.0442. The summed E-state index contributed by atoms with van der Waals surface area (Å²) in [5.74, 6) is 6.53. The van der Waals surface area contributed by atoms with Crippen LogP contribution in [0, 0.1) is 0 Å². The highest BCUT2D eigenvalue weighted by Gasteiger charge is 2.12. The first-order chi connectivity index (χ1) is 9.33. The Kier molecular flexibility index (Phi) is 5.01. The molecule has 4 heteroatoms. The van der Waals surface area contributed by atoms with Gasteiger partial charge in [-0.15, -0.1) is 0 Å². The van der Waals surface area contributed by atoms with Crippen molar-refractivity contribution in [1.82, 2.24) is 5.43 Å². The van der Waals surface area contributed by atoms with E-state index in [-0.39, 0.29) is 6.04 Å². The molecule has 3 N–H and O–H groups in total. The fraction of sp³-hybridized carbons (Fsp3) is 0.333. The largest absolute Gasteiger partial charge is 0.494 e. The summed E-state index contributed by atoms with van der Waals surface area (Å²) < 4.78 is 10.7. The molecule has 19 heavy (non-hydrogen) atoms. The van der Waals surface area contributed by atoms with Crippen molar-refractivity contribution in [1.29, 1.82) is 0 Å². The van der Waals surface area contributed by atoms with E-state index in [0.717, 1.165) is 36.3 Å². The molecule has 1 aromatic carbocycles. The number of rotatable bonds is 7. The third-order valence-corrected chi connectivity index (χ3v) is 2.95. The summed E-state index contributed by atoms with van der Waals surface area (Å²) in [7, 11) is 0. The van der Waals surface area contributed by atoms with Crippen molar-refractivity contribution >= 4 is 0 Å². The molecule has 1 aromatic heterocycles. The number of furan rings is 1. The highest BCUT2D eigenvalue weighted by atomic mass is 16.5. The van der Waals surface area contributed by atoms with E-state index in [4.69, 9.17) is 15.0 Å². The number of hydrogen-bond acceptors (Lipinski definition) is 4. The van der Waals surface area contributed by atoms with Crippen molar-refractivity contribution in [3.8, 4) is 5.75 Å². The first-order valence-corrected chi connectivity index (χ1v) is 6.53. The van der Waals surface area contributed by atoms with Crippen LogP contribution in [0.5, 0.6) is 5.75 Å². The average molecular weight is 260 g/mol. The molecule has 0 aliphatic rings. The van der Waals surface area contributed by atoms with Gasteiger partial charge in [0.05, 0.1) is 25.2 Å². The molecule has 0 aliphatic heterocycles. The summed E-state index contributed by atoms with van der Waals surface area (Å²) in [6, 6.07) is 10.0. The first kappa shape index (κ1) is 13.6. The zero-order chi connectivity index (χ0) is 13.5. The van der Waals surface area contributed by atoms with E-state index < -0.39 is 0 Å². The van der Waals surface area contributed by atoms with Crippen LogP contribution in [0.2, 0.25) is 0 Å². The van der Waals surface area contributed by atoms with E-state index in [1.54, 1.807) is 12.5 Å². The fourth-order valence-electron chi connectivity index (χ4n) is 1.96. The molecular formula is C15H20N2O2. The van der Waals surface area contributed by atoms with E-state index >= 15 is 0 Å². The molecule has 0 amide bonds. The lowest BCUT2D eigenvalue weighted by atomic mass is 10.0. The van der Waals surface area contributed by atoms with Crippen molar-refractivity contribution in [2.45, 2.75) is 25.8 Å². The average Bonchev–Trinajstić information content (AvgIpc) is 2.96. The van der Waals surface area contributed by atoms with Gasteiger partial charge < -0.3 is 9.15 Å². The number of nitrogens with two attached hydrogens (primary N) is 1. The number of benzene rings is 1. The van der Waals surface area contributed by atoms with Gasteiger partial charge in [-0.3, -0.25) is 11.3 Å². The Morgan fingerprint density at radius 1 is 1.37 bits per heavy atom. The van der Waals surface area contributed by atoms with E-state index in [2.05, 4.69) is 12.3 Å². The van der Waals surface area contributed by atoms with Crippen molar-refractivity contribution in [2.24, 2.45) is 5.84 Å². The predicted molar refractivity (Wildman–Crippen MR) is 74.7 cm³/mol. The highest BCUT2D eigenvalue weighted by molar-refractivity contribution is 5.31. The van der Waals surface area contributed by atoms with Gasteiger partial charge in [-0.2, -0.15) is 0 Å². The SMILES string of the molecule is CCCOc1cccc(C(Cc2ccoc2)NN)c1. The van der Waals surface area contributed by atoms with Crippen LogP contribution >= 0.6 is 0 Å². The van der Waals surface area contributed by atoms with Gasteiger partial charge in [-0.25, -0.2) is 0 Å². The Balaban J connectivity index is 2.09. The van der Waals surface area contributed by atoms with Crippen LogP contribution in [0.15, 0.2) is 47.3 Å². The van der Waals surface area contributed by atoms with Crippen molar-refractivity contribution in [3.05, 3.63) is 54.0 Å². The lowest BCUT2D eigenvalue weighted by molar-refractivity contribution is 0.316. The van der Waals surface area contributed by atoms with Gasteiger partial charge in [-0.05, 0) is 42.2 Å². The summed E-state index contributed by atoms with van der Waals surface area (Å²) in [4.78, 5) is 0. The van der Waals surface area contributed by atoms with Gasteiger partial charge in [0.2, 0.25) is 0 Å². The minimum absolute atomic E-state index is 0.0442. The normalized spacial score (nSPS) is 12.3. The van der Waals surface area contributed by atoms with E-state index in [0.29, 0.717) is 0 Å². The Bertz CT molecular complexity index is 483. The first-order valence-electron chi connectivity index (χ1n) is 6.53. The Hall–Kier alpha value is -1.78. The Morgan fingerprint density at radius 2 is 2.26 bits per heavy atom. The van der Waals surface area contributed by atoms with Gasteiger partial charge in [-0.1, -0.05) is 19.1 Å². The van der Waals surface area contributed by atoms with Gasteiger partial charge in [0, 0.05) is 0 Å². The monoisotopic (exact) mass is 260 g/mol. The second-order valence-electron chi connectivity index (χ2n) is 4.48. The molecule has 0 radical (unpaired) electrons. The molecule has 0 bridgehead atoms. The molecule has 0 spiro atoms. The summed E-state index contributed by atoms with van der Waals surface area (Å²) >= 11 is 0. The summed E-state index contributed by atoms with van der Waals surface area (Å²) in [5, 5.41) is 0. The van der Waals surface area contributed by atoms with Crippen molar-refractivity contribution in [2.75, 3.05) is 6.61 Å². The van der Waals surface area contributed by atoms with Crippen molar-refractivity contribution in [3.63, 3.8) is 0 Å². The Morgan fingerprint density at radius 3 is 2.95 bits per heavy atom. The maximum atomic E-state index is 5.65. The van der Waals surface area contributed by atoms with Crippen LogP contribution in [-0.2, 0) is 6.42 Å². The molecule has 2 rings (SSSR count). The molecule has 0 saturated carbocycles. The summed E-state index contributed by atoms with van der Waals surface area (Å²) in [5.41, 5.74) is 5.07. The van der Waals surface area contributed by atoms with Gasteiger partial charge in [0.25, 0.3) is 0 Å². The van der Waals surface area contributed by atoms with Crippen LogP contribution < -0.4 is 16.0 Å². The molecule has 1 heterocycles. The zero-order valence-corrected chi connectivity index (χ0v) is 11.1. The molecular weight excluding hydrogens is 240 g/mol. The minimum Gasteiger partial charge on any atom is -0.494 e. The molecule has 4 nitrogen and oxygen atoms in total. The molecule has 0 fully saturated rings. The summed E-state index contributed by atoms with van der Waals surface area (Å²) in [6.45, 7) is 2.82. The zero-order valence-electron chi connectivity index (χ0n) is 11.1. The lowest BCUT2D eigenvalue weighted by Gasteiger charge is -2.16. The van der Waals surface area contributed by atoms with Crippen molar-refractivity contribution < 1.29 is 9.15 Å². The maximum absolute atomic E-state index is 5.65. The second kappa shape index (κ2) is 6.97. The maximum Gasteiger partial charge on any atom is 0.119 e. The molecule has 1 unspecified atom stereocenters. The second-order valence-corrected chi connectivity index (χ2v) is 4.48. The van der Waals surface area contributed by atoms with Gasteiger partial charge in [0.15, 0.2) is 0 Å². The molecule has 1 atom stereocenters. The van der Waals surface area contributed by atoms with E-state index in [1.165, 1.54) is 0 Å². The molecule has 102 valence electrons. The predicted octanol–water partition coefficient (Wildman–Crippen LogP) is 2.82. The van der Waals surface area contributed by atoms with Crippen LogP contribution in [0.25, 0.3) is 0 Å². The smallest absolute Gasteiger partial charge is 0.119 e. The molecule has 2 aromatic rings. The molecule has 0 saturated heterocycles. The lowest BCUT2D eigenvalue weighted by Crippen LogP contribution is -2.29. The Labute approximate surface area is 113 Å². The van der Waals surface area contributed by atoms with E-state index in [9.17, 15) is 0 Å². The third-order valence-electron chi connectivity index (χ3n) is 2.95. The third kappa shape index (κ3) is 3.84. The molecule has 0 aliphatic carbocycles. The number of hydrazine groups is 1. The topological polar surface area (TPSA) is 60.4 Å².